The first-order valence-electron chi connectivity index (χ1n) is 5.87. The van der Waals surface area contributed by atoms with E-state index in [1.165, 1.54) is 18.2 Å². The van der Waals surface area contributed by atoms with E-state index < -0.39 is 17.5 Å². The van der Waals surface area contributed by atoms with Crippen LogP contribution >= 0.6 is 12.2 Å². The molecule has 0 radical (unpaired) electrons. The van der Waals surface area contributed by atoms with Gasteiger partial charge >= 0.3 is 0 Å². The fraction of sp³-hybridized carbons (Fsp3) is 0.0714. The van der Waals surface area contributed by atoms with Crippen molar-refractivity contribution >= 4 is 23.3 Å². The molecule has 2 nitrogen and oxygen atoms in total. The normalized spacial score (nSPS) is 11.2. The van der Waals surface area contributed by atoms with Gasteiger partial charge in [-0.1, -0.05) is 12.1 Å². The lowest BCUT2D eigenvalue weighted by Crippen LogP contribution is -2.02. The number of nitrogens with zero attached hydrogens (tertiary/aromatic N) is 1. The molecular weight excluding hydrogens is 285 g/mol. The van der Waals surface area contributed by atoms with Crippen molar-refractivity contribution in [3.8, 4) is 0 Å². The second-order valence-corrected chi connectivity index (χ2v) is 4.77. The molecule has 1 heterocycles. The highest BCUT2D eigenvalue weighted by atomic mass is 32.1. The summed E-state index contributed by atoms with van der Waals surface area (Å²) >= 11 is 5.12. The van der Waals surface area contributed by atoms with Crippen LogP contribution in [0.3, 0.4) is 0 Å². The summed E-state index contributed by atoms with van der Waals surface area (Å²) in [6.45, 7) is 0.106. The van der Waals surface area contributed by atoms with Gasteiger partial charge in [0.15, 0.2) is 4.77 Å². The topological polar surface area (TPSA) is 20.7 Å². The molecular formula is C14H9F3N2S. The number of aromatic amines is 1. The van der Waals surface area contributed by atoms with E-state index in [2.05, 4.69) is 4.98 Å². The molecule has 3 rings (SSSR count). The van der Waals surface area contributed by atoms with Crippen molar-refractivity contribution in [1.82, 2.24) is 9.55 Å². The van der Waals surface area contributed by atoms with Crippen molar-refractivity contribution in [1.29, 1.82) is 0 Å². The zero-order chi connectivity index (χ0) is 14.3. The van der Waals surface area contributed by atoms with Gasteiger partial charge in [-0.15, -0.1) is 0 Å². The predicted octanol–water partition coefficient (Wildman–Crippen LogP) is 4.16. The van der Waals surface area contributed by atoms with Crippen molar-refractivity contribution in [3.63, 3.8) is 0 Å². The van der Waals surface area contributed by atoms with E-state index in [4.69, 9.17) is 12.2 Å². The number of halogens is 3. The lowest BCUT2D eigenvalue weighted by Gasteiger charge is -2.06. The molecule has 3 aromatic rings. The van der Waals surface area contributed by atoms with Crippen LogP contribution in [0.4, 0.5) is 13.2 Å². The summed E-state index contributed by atoms with van der Waals surface area (Å²) < 4.78 is 42.1. The van der Waals surface area contributed by atoms with Crippen molar-refractivity contribution in [3.05, 3.63) is 64.2 Å². The van der Waals surface area contributed by atoms with Crippen LogP contribution in [-0.4, -0.2) is 9.55 Å². The van der Waals surface area contributed by atoms with E-state index in [0.29, 0.717) is 5.52 Å². The van der Waals surface area contributed by atoms with Gasteiger partial charge in [0.1, 0.15) is 23.0 Å². The first kappa shape index (κ1) is 12.9. The van der Waals surface area contributed by atoms with Crippen molar-refractivity contribution in [2.75, 3.05) is 0 Å². The Morgan fingerprint density at radius 1 is 1.05 bits per heavy atom. The zero-order valence-electron chi connectivity index (χ0n) is 10.2. The molecule has 6 heteroatoms. The third-order valence-electron chi connectivity index (χ3n) is 3.10. The molecule has 0 aliphatic carbocycles. The molecule has 0 amide bonds. The second-order valence-electron chi connectivity index (χ2n) is 4.39. The molecule has 1 N–H and O–H groups in total. The van der Waals surface area contributed by atoms with Gasteiger partial charge in [-0.3, -0.25) is 0 Å². The predicted molar refractivity (Wildman–Crippen MR) is 72.5 cm³/mol. The Labute approximate surface area is 117 Å². The third-order valence-corrected chi connectivity index (χ3v) is 3.43. The van der Waals surface area contributed by atoms with Crippen LogP contribution in [0.25, 0.3) is 11.0 Å². The minimum absolute atomic E-state index is 0.106. The van der Waals surface area contributed by atoms with Gasteiger partial charge in [0.2, 0.25) is 0 Å². The van der Waals surface area contributed by atoms with Gasteiger partial charge in [-0.25, -0.2) is 13.2 Å². The van der Waals surface area contributed by atoms with Crippen LogP contribution in [0.15, 0.2) is 36.4 Å². The number of fused-ring (bicyclic) bond motifs is 1. The first-order valence-corrected chi connectivity index (χ1v) is 6.28. The summed E-state index contributed by atoms with van der Waals surface area (Å²) in [5.41, 5.74) is 1.10. The van der Waals surface area contributed by atoms with Gasteiger partial charge in [0, 0.05) is 11.6 Å². The van der Waals surface area contributed by atoms with E-state index in [1.807, 2.05) is 0 Å². The Balaban J connectivity index is 2.13. The van der Waals surface area contributed by atoms with Crippen molar-refractivity contribution in [2.45, 2.75) is 6.54 Å². The van der Waals surface area contributed by atoms with E-state index in [1.54, 1.807) is 16.7 Å². The van der Waals surface area contributed by atoms with Crippen LogP contribution < -0.4 is 0 Å². The number of para-hydroxylation sites is 1. The molecule has 0 saturated carbocycles. The summed E-state index contributed by atoms with van der Waals surface area (Å²) in [7, 11) is 0. The maximum atomic E-state index is 13.7. The highest BCUT2D eigenvalue weighted by Crippen LogP contribution is 2.20. The van der Waals surface area contributed by atoms with Gasteiger partial charge in [0.05, 0.1) is 12.1 Å². The number of nitrogens with one attached hydrogen (secondary N) is 1. The second kappa shape index (κ2) is 4.79. The minimum Gasteiger partial charge on any atom is -0.328 e. The van der Waals surface area contributed by atoms with Gasteiger partial charge in [0.25, 0.3) is 0 Å². The molecule has 0 bridgehead atoms. The Bertz CT molecular complexity index is 851. The number of imidazole rings is 1. The summed E-state index contributed by atoms with van der Waals surface area (Å²) in [4.78, 5) is 2.75. The quantitative estimate of drug-likeness (QED) is 0.704. The summed E-state index contributed by atoms with van der Waals surface area (Å²) in [5.74, 6) is -1.72. The highest BCUT2D eigenvalue weighted by Gasteiger charge is 2.11. The number of aromatic nitrogens is 2. The molecule has 0 saturated heterocycles. The molecule has 0 atom stereocenters. The van der Waals surface area contributed by atoms with E-state index in [0.717, 1.165) is 6.07 Å². The molecule has 2 aromatic carbocycles. The van der Waals surface area contributed by atoms with Crippen LogP contribution in [0, 0.1) is 22.2 Å². The lowest BCUT2D eigenvalue weighted by molar-refractivity contribution is 0.567. The zero-order valence-corrected chi connectivity index (χ0v) is 11.0. The average Bonchev–Trinajstić information content (AvgIpc) is 2.71. The van der Waals surface area contributed by atoms with Crippen molar-refractivity contribution in [2.24, 2.45) is 0 Å². The summed E-state index contributed by atoms with van der Waals surface area (Å²) in [6, 6.07) is 7.90. The first-order chi connectivity index (χ1) is 9.56. The standard InChI is InChI=1S/C14H9F3N2S/c15-9-5-4-8(11(17)6-9)7-19-12-3-1-2-10(16)13(12)18-14(19)20/h1-6H,7H2,(H,18,20). The lowest BCUT2D eigenvalue weighted by atomic mass is 10.2. The van der Waals surface area contributed by atoms with E-state index in [-0.39, 0.29) is 22.4 Å². The SMILES string of the molecule is Fc1ccc(Cn2c(=S)[nH]c3c(F)cccc32)c(F)c1. The number of rotatable bonds is 2. The Morgan fingerprint density at radius 2 is 1.85 bits per heavy atom. The van der Waals surface area contributed by atoms with Crippen LogP contribution in [0.2, 0.25) is 0 Å². The largest absolute Gasteiger partial charge is 0.328 e. The Morgan fingerprint density at radius 3 is 2.60 bits per heavy atom. The Hall–Kier alpha value is -2.08. The fourth-order valence-corrected chi connectivity index (χ4v) is 2.39. The monoisotopic (exact) mass is 294 g/mol. The van der Waals surface area contributed by atoms with Crippen LogP contribution in [-0.2, 0) is 6.54 Å². The fourth-order valence-electron chi connectivity index (χ4n) is 2.12. The molecule has 20 heavy (non-hydrogen) atoms. The van der Waals surface area contributed by atoms with Crippen molar-refractivity contribution < 1.29 is 13.2 Å². The molecule has 102 valence electrons. The number of hydrogen-bond donors (Lipinski definition) is 1. The summed E-state index contributed by atoms with van der Waals surface area (Å²) in [5, 5.41) is 0. The van der Waals surface area contributed by atoms with Gasteiger partial charge in [-0.05, 0) is 30.4 Å². The molecule has 0 fully saturated rings. The third kappa shape index (κ3) is 2.12. The van der Waals surface area contributed by atoms with E-state index in [9.17, 15) is 13.2 Å². The molecule has 0 aliphatic rings. The minimum atomic E-state index is -0.655. The Kier molecular flexibility index (Phi) is 3.10. The van der Waals surface area contributed by atoms with Crippen LogP contribution in [0.1, 0.15) is 5.56 Å². The number of H-pyrrole nitrogens is 1. The molecule has 0 unspecified atom stereocenters. The molecule has 0 aliphatic heterocycles. The summed E-state index contributed by atoms with van der Waals surface area (Å²) in [6.07, 6.45) is 0. The molecule has 0 spiro atoms. The maximum Gasteiger partial charge on any atom is 0.178 e. The van der Waals surface area contributed by atoms with Gasteiger partial charge < -0.3 is 9.55 Å². The van der Waals surface area contributed by atoms with Crippen LogP contribution in [0.5, 0.6) is 0 Å². The maximum absolute atomic E-state index is 13.7. The highest BCUT2D eigenvalue weighted by molar-refractivity contribution is 7.71. The average molecular weight is 294 g/mol. The van der Waals surface area contributed by atoms with E-state index >= 15 is 0 Å². The number of hydrogen-bond acceptors (Lipinski definition) is 1. The number of benzene rings is 2. The smallest absolute Gasteiger partial charge is 0.178 e. The van der Waals surface area contributed by atoms with Gasteiger partial charge in [-0.2, -0.15) is 0 Å². The molecule has 1 aromatic heterocycles.